The zero-order valence-electron chi connectivity index (χ0n) is 12.6. The number of thiazole rings is 1. The van der Waals surface area contributed by atoms with Gasteiger partial charge in [-0.25, -0.2) is 4.98 Å². The van der Waals surface area contributed by atoms with Gasteiger partial charge in [0.25, 0.3) is 0 Å². The van der Waals surface area contributed by atoms with Crippen molar-refractivity contribution in [2.75, 3.05) is 30.7 Å². The number of likely N-dealkylation sites (tertiary alicyclic amines) is 1. The van der Waals surface area contributed by atoms with Crippen molar-refractivity contribution in [1.82, 2.24) is 9.88 Å². The van der Waals surface area contributed by atoms with Gasteiger partial charge in [0.05, 0.1) is 10.2 Å². The van der Waals surface area contributed by atoms with Crippen LogP contribution in [0, 0.1) is 0 Å². The lowest BCUT2D eigenvalue weighted by atomic mass is 10.0. The van der Waals surface area contributed by atoms with Gasteiger partial charge in [-0.2, -0.15) is 0 Å². The Hall–Kier alpha value is -1.33. The molecule has 3 rings (SSSR count). The molecule has 114 valence electrons. The Morgan fingerprint density at radius 3 is 3.19 bits per heavy atom. The summed E-state index contributed by atoms with van der Waals surface area (Å²) < 4.78 is 1.15. The van der Waals surface area contributed by atoms with Crippen LogP contribution in [0.2, 0.25) is 0 Å². The van der Waals surface area contributed by atoms with E-state index < -0.39 is 0 Å². The van der Waals surface area contributed by atoms with E-state index in [0.717, 1.165) is 33.6 Å². The molecular weight excluding hydrogens is 280 g/mol. The van der Waals surface area contributed by atoms with Crippen LogP contribution in [-0.4, -0.2) is 35.6 Å². The normalized spacial score (nSPS) is 20.0. The number of nitrogens with one attached hydrogen (secondary N) is 1. The summed E-state index contributed by atoms with van der Waals surface area (Å²) in [6.45, 7) is 5.79. The second-order valence-corrected chi connectivity index (χ2v) is 6.94. The van der Waals surface area contributed by atoms with E-state index in [4.69, 9.17) is 5.73 Å². The summed E-state index contributed by atoms with van der Waals surface area (Å²) >= 11 is 1.68. The van der Waals surface area contributed by atoms with E-state index in [1.54, 1.807) is 11.3 Å². The summed E-state index contributed by atoms with van der Waals surface area (Å²) in [5.74, 6) is 0. The summed E-state index contributed by atoms with van der Waals surface area (Å²) in [6, 6.07) is 6.64. The van der Waals surface area contributed by atoms with Gasteiger partial charge in [0, 0.05) is 24.8 Å². The number of hydrogen-bond donors (Lipinski definition) is 2. The fourth-order valence-electron chi connectivity index (χ4n) is 2.98. The lowest BCUT2D eigenvalue weighted by molar-refractivity contribution is 0.160. The number of aromatic nitrogens is 1. The fourth-order valence-corrected chi connectivity index (χ4v) is 3.92. The maximum atomic E-state index is 5.80. The minimum Gasteiger partial charge on any atom is -0.399 e. The molecule has 1 aliphatic rings. The van der Waals surface area contributed by atoms with Gasteiger partial charge in [0.1, 0.15) is 0 Å². The van der Waals surface area contributed by atoms with E-state index in [1.807, 2.05) is 18.2 Å². The van der Waals surface area contributed by atoms with Crippen molar-refractivity contribution >= 4 is 32.4 Å². The number of fused-ring (bicyclic) bond motifs is 1. The molecule has 0 amide bonds. The molecule has 0 spiro atoms. The minimum absolute atomic E-state index is 0.754. The van der Waals surface area contributed by atoms with Crippen molar-refractivity contribution < 1.29 is 0 Å². The van der Waals surface area contributed by atoms with Crippen LogP contribution in [0.3, 0.4) is 0 Å². The third-order valence-corrected chi connectivity index (χ3v) is 5.23. The second kappa shape index (κ2) is 6.62. The van der Waals surface area contributed by atoms with Crippen LogP contribution >= 0.6 is 11.3 Å². The lowest BCUT2D eigenvalue weighted by Crippen LogP contribution is -2.38. The van der Waals surface area contributed by atoms with E-state index in [1.165, 1.54) is 38.8 Å². The molecule has 4 nitrogen and oxygen atoms in total. The number of benzene rings is 1. The molecule has 21 heavy (non-hydrogen) atoms. The summed E-state index contributed by atoms with van der Waals surface area (Å²) in [5, 5.41) is 4.45. The molecule has 1 saturated heterocycles. The highest BCUT2D eigenvalue weighted by atomic mass is 32.1. The van der Waals surface area contributed by atoms with Crippen molar-refractivity contribution in [3.05, 3.63) is 18.2 Å². The Morgan fingerprint density at radius 2 is 2.33 bits per heavy atom. The molecule has 1 atom stereocenters. The maximum absolute atomic E-state index is 5.80. The van der Waals surface area contributed by atoms with Crippen LogP contribution in [0.15, 0.2) is 18.2 Å². The summed E-state index contributed by atoms with van der Waals surface area (Å²) in [4.78, 5) is 7.21. The zero-order valence-corrected chi connectivity index (χ0v) is 13.5. The van der Waals surface area contributed by atoms with Gasteiger partial charge in [-0.15, -0.1) is 0 Å². The molecule has 0 radical (unpaired) electrons. The molecule has 3 N–H and O–H groups in total. The van der Waals surface area contributed by atoms with Gasteiger partial charge in [0.15, 0.2) is 5.13 Å². The van der Waals surface area contributed by atoms with Gasteiger partial charge < -0.3 is 16.0 Å². The van der Waals surface area contributed by atoms with Crippen LogP contribution in [0.4, 0.5) is 10.8 Å². The van der Waals surface area contributed by atoms with Gasteiger partial charge in [0.2, 0.25) is 0 Å². The Kier molecular flexibility index (Phi) is 4.60. The van der Waals surface area contributed by atoms with Crippen molar-refractivity contribution in [3.8, 4) is 0 Å². The maximum Gasteiger partial charge on any atom is 0.183 e. The average Bonchev–Trinajstić information content (AvgIpc) is 2.87. The van der Waals surface area contributed by atoms with Crippen LogP contribution in [0.5, 0.6) is 0 Å². The molecule has 0 aliphatic carbocycles. The van der Waals surface area contributed by atoms with Crippen molar-refractivity contribution in [2.24, 2.45) is 0 Å². The Bertz CT molecular complexity index is 595. The summed E-state index contributed by atoms with van der Waals surface area (Å²) in [5.41, 5.74) is 7.63. The first kappa shape index (κ1) is 14.6. The lowest BCUT2D eigenvalue weighted by Gasteiger charge is -2.33. The predicted octanol–water partition coefficient (Wildman–Crippen LogP) is 3.55. The first-order valence-corrected chi connectivity index (χ1v) is 8.68. The molecule has 5 heteroatoms. The molecule has 2 aromatic rings. The Labute approximate surface area is 130 Å². The van der Waals surface area contributed by atoms with Crippen molar-refractivity contribution in [3.63, 3.8) is 0 Å². The van der Waals surface area contributed by atoms with E-state index in [2.05, 4.69) is 22.1 Å². The number of hydrogen-bond acceptors (Lipinski definition) is 5. The number of nitrogens with zero attached hydrogens (tertiary/aromatic N) is 2. The van der Waals surface area contributed by atoms with E-state index in [0.29, 0.717) is 0 Å². The SMILES string of the molecule is CC1CCCCN1CCCNc1nc2ccc(N)cc2s1. The van der Waals surface area contributed by atoms with Crippen molar-refractivity contribution in [2.45, 2.75) is 38.6 Å². The second-order valence-electron chi connectivity index (χ2n) is 5.91. The standard InChI is InChI=1S/C16H24N4S/c1-12-5-2-3-9-20(12)10-4-8-18-16-19-14-7-6-13(17)11-15(14)21-16/h6-7,11-12H,2-5,8-10,17H2,1H3,(H,18,19). The number of rotatable bonds is 5. The zero-order chi connectivity index (χ0) is 14.7. The number of nitrogen functional groups attached to an aromatic ring is 1. The third kappa shape index (κ3) is 3.66. The molecule has 1 aliphatic heterocycles. The quantitative estimate of drug-likeness (QED) is 0.655. The monoisotopic (exact) mass is 304 g/mol. The van der Waals surface area contributed by atoms with Crippen LogP contribution in [0.1, 0.15) is 32.6 Å². The number of nitrogens with two attached hydrogens (primary N) is 1. The van der Waals surface area contributed by atoms with Crippen LogP contribution in [0.25, 0.3) is 10.2 Å². The molecular formula is C16H24N4S. The molecule has 0 saturated carbocycles. The smallest absolute Gasteiger partial charge is 0.183 e. The first-order valence-electron chi connectivity index (χ1n) is 7.86. The molecule has 2 heterocycles. The number of piperidine rings is 1. The molecule has 1 aromatic carbocycles. The fraction of sp³-hybridized carbons (Fsp3) is 0.562. The Morgan fingerprint density at radius 1 is 1.43 bits per heavy atom. The minimum atomic E-state index is 0.754. The van der Waals surface area contributed by atoms with E-state index in [-0.39, 0.29) is 0 Å². The van der Waals surface area contributed by atoms with Gasteiger partial charge >= 0.3 is 0 Å². The van der Waals surface area contributed by atoms with Crippen LogP contribution < -0.4 is 11.1 Å². The highest BCUT2D eigenvalue weighted by Crippen LogP contribution is 2.27. The highest BCUT2D eigenvalue weighted by Gasteiger charge is 2.17. The van der Waals surface area contributed by atoms with E-state index in [9.17, 15) is 0 Å². The molecule has 0 bridgehead atoms. The van der Waals surface area contributed by atoms with E-state index >= 15 is 0 Å². The first-order chi connectivity index (χ1) is 10.2. The van der Waals surface area contributed by atoms with Gasteiger partial charge in [-0.3, -0.25) is 0 Å². The third-order valence-electron chi connectivity index (χ3n) is 4.25. The number of anilines is 2. The molecule has 1 unspecified atom stereocenters. The molecule has 1 aromatic heterocycles. The predicted molar refractivity (Wildman–Crippen MR) is 92.0 cm³/mol. The summed E-state index contributed by atoms with van der Waals surface area (Å²) in [7, 11) is 0. The molecule has 1 fully saturated rings. The largest absolute Gasteiger partial charge is 0.399 e. The van der Waals surface area contributed by atoms with Gasteiger partial charge in [-0.1, -0.05) is 17.8 Å². The average molecular weight is 304 g/mol. The van der Waals surface area contributed by atoms with Crippen molar-refractivity contribution in [1.29, 1.82) is 0 Å². The topological polar surface area (TPSA) is 54.2 Å². The van der Waals surface area contributed by atoms with Crippen LogP contribution in [-0.2, 0) is 0 Å². The highest BCUT2D eigenvalue weighted by molar-refractivity contribution is 7.22. The summed E-state index contributed by atoms with van der Waals surface area (Å²) in [6.07, 6.45) is 5.27. The Balaban J connectivity index is 1.48. The van der Waals surface area contributed by atoms with Gasteiger partial charge in [-0.05, 0) is 50.9 Å².